The Morgan fingerprint density at radius 2 is 1.92 bits per heavy atom. The van der Waals surface area contributed by atoms with Crippen LogP contribution in [0.1, 0.15) is 13.8 Å². The van der Waals surface area contributed by atoms with Crippen molar-refractivity contribution >= 4 is 11.8 Å². The molecule has 12 heavy (non-hydrogen) atoms. The second kappa shape index (κ2) is 3.10. The summed E-state index contributed by atoms with van der Waals surface area (Å²) in [5.74, 6) is -0.599. The number of rotatable bonds is 1. The van der Waals surface area contributed by atoms with Gasteiger partial charge in [0.25, 0.3) is 0 Å². The first-order valence-electron chi connectivity index (χ1n) is 3.81. The zero-order valence-corrected chi connectivity index (χ0v) is 7.00. The molecule has 1 saturated heterocycles. The summed E-state index contributed by atoms with van der Waals surface area (Å²) >= 11 is 0. The predicted octanol–water partition coefficient (Wildman–Crippen LogP) is -1.63. The molecule has 1 aliphatic heterocycles. The number of amides is 2. The molecule has 0 spiro atoms. The molecule has 3 N–H and O–H groups in total. The highest BCUT2D eigenvalue weighted by atomic mass is 16.3. The number of aliphatic hydroxyl groups excluding tert-OH is 1. The van der Waals surface area contributed by atoms with E-state index in [4.69, 9.17) is 5.11 Å². The van der Waals surface area contributed by atoms with Crippen molar-refractivity contribution in [3.05, 3.63) is 0 Å². The number of aliphatic hydroxyl groups is 1. The molecule has 0 bridgehead atoms. The molecule has 2 amide bonds. The van der Waals surface area contributed by atoms with Gasteiger partial charge in [0.15, 0.2) is 0 Å². The molecule has 1 rings (SSSR count). The fraction of sp³-hybridized carbons (Fsp3) is 0.714. The summed E-state index contributed by atoms with van der Waals surface area (Å²) in [5, 5.41) is 13.9. The Balaban J connectivity index is 2.68. The van der Waals surface area contributed by atoms with Crippen molar-refractivity contribution in [3.8, 4) is 0 Å². The second-order valence-electron chi connectivity index (χ2n) is 2.96. The summed E-state index contributed by atoms with van der Waals surface area (Å²) in [7, 11) is 0. The molecule has 0 aromatic heterocycles. The summed E-state index contributed by atoms with van der Waals surface area (Å²) in [4.78, 5) is 22.1. The molecular weight excluding hydrogens is 160 g/mol. The van der Waals surface area contributed by atoms with Crippen LogP contribution in [0.25, 0.3) is 0 Å². The highest BCUT2D eigenvalue weighted by Gasteiger charge is 2.33. The van der Waals surface area contributed by atoms with Gasteiger partial charge < -0.3 is 15.7 Å². The Morgan fingerprint density at radius 1 is 1.33 bits per heavy atom. The van der Waals surface area contributed by atoms with Gasteiger partial charge in [-0.25, -0.2) is 0 Å². The third-order valence-electron chi connectivity index (χ3n) is 1.81. The normalized spacial score (nSPS) is 32.2. The summed E-state index contributed by atoms with van der Waals surface area (Å²) in [6.45, 7) is 3.05. The van der Waals surface area contributed by atoms with E-state index in [2.05, 4.69) is 10.6 Å². The van der Waals surface area contributed by atoms with Gasteiger partial charge in [0.1, 0.15) is 12.1 Å². The van der Waals surface area contributed by atoms with Gasteiger partial charge in [0.05, 0.1) is 6.10 Å². The number of carbonyl (C=O) groups is 2. The highest BCUT2D eigenvalue weighted by Crippen LogP contribution is 2.00. The van der Waals surface area contributed by atoms with E-state index in [1.165, 1.54) is 6.92 Å². The lowest BCUT2D eigenvalue weighted by molar-refractivity contribution is -0.138. The molecule has 0 aromatic rings. The van der Waals surface area contributed by atoms with Crippen molar-refractivity contribution in [2.75, 3.05) is 0 Å². The van der Waals surface area contributed by atoms with Gasteiger partial charge in [0.2, 0.25) is 11.8 Å². The molecule has 3 atom stereocenters. The maximum Gasteiger partial charge on any atom is 0.245 e. The largest absolute Gasteiger partial charge is 0.391 e. The Morgan fingerprint density at radius 3 is 2.42 bits per heavy atom. The Kier molecular flexibility index (Phi) is 2.32. The van der Waals surface area contributed by atoms with E-state index in [0.29, 0.717) is 0 Å². The molecule has 0 aliphatic carbocycles. The van der Waals surface area contributed by atoms with Crippen LogP contribution in [-0.2, 0) is 9.59 Å². The van der Waals surface area contributed by atoms with Crippen LogP contribution in [0.15, 0.2) is 0 Å². The summed E-state index contributed by atoms with van der Waals surface area (Å²) in [5.41, 5.74) is 0. The van der Waals surface area contributed by atoms with Gasteiger partial charge in [-0.2, -0.15) is 0 Å². The third-order valence-corrected chi connectivity index (χ3v) is 1.81. The van der Waals surface area contributed by atoms with Crippen LogP contribution in [0.2, 0.25) is 0 Å². The fourth-order valence-electron chi connectivity index (χ4n) is 1.05. The molecule has 1 heterocycles. The van der Waals surface area contributed by atoms with Gasteiger partial charge in [-0.3, -0.25) is 9.59 Å². The van der Waals surface area contributed by atoms with Gasteiger partial charge in [-0.15, -0.1) is 0 Å². The molecule has 1 aliphatic rings. The zero-order chi connectivity index (χ0) is 9.30. The average Bonchev–Trinajstić information content (AvgIpc) is 1.96. The molecule has 0 unspecified atom stereocenters. The van der Waals surface area contributed by atoms with Gasteiger partial charge in [-0.05, 0) is 13.8 Å². The van der Waals surface area contributed by atoms with Crippen LogP contribution in [-0.4, -0.2) is 35.1 Å². The van der Waals surface area contributed by atoms with Crippen molar-refractivity contribution < 1.29 is 14.7 Å². The van der Waals surface area contributed by atoms with Crippen molar-refractivity contribution in [3.63, 3.8) is 0 Å². The molecular formula is C7H12N2O3. The second-order valence-corrected chi connectivity index (χ2v) is 2.96. The Labute approximate surface area is 70.1 Å². The van der Waals surface area contributed by atoms with E-state index < -0.39 is 18.2 Å². The number of nitrogens with one attached hydrogen (secondary N) is 2. The van der Waals surface area contributed by atoms with Crippen LogP contribution >= 0.6 is 0 Å². The first-order chi connectivity index (χ1) is 5.52. The number of piperazine rings is 1. The number of hydrogen-bond acceptors (Lipinski definition) is 3. The summed E-state index contributed by atoms with van der Waals surface area (Å²) in [6, 6.07) is -1.32. The quantitative estimate of drug-likeness (QED) is 0.444. The van der Waals surface area contributed by atoms with Crippen molar-refractivity contribution in [2.45, 2.75) is 32.0 Å². The molecule has 1 fully saturated rings. The lowest BCUT2D eigenvalue weighted by Crippen LogP contribution is -2.63. The zero-order valence-electron chi connectivity index (χ0n) is 7.00. The fourth-order valence-corrected chi connectivity index (χ4v) is 1.05. The number of hydrogen-bond donors (Lipinski definition) is 3. The maximum absolute atomic E-state index is 11.1. The summed E-state index contributed by atoms with van der Waals surface area (Å²) < 4.78 is 0. The first kappa shape index (κ1) is 8.99. The lowest BCUT2D eigenvalue weighted by Gasteiger charge is -2.28. The van der Waals surface area contributed by atoms with Crippen LogP contribution < -0.4 is 10.6 Å². The minimum absolute atomic E-state index is 0.263. The van der Waals surface area contributed by atoms with Gasteiger partial charge >= 0.3 is 0 Å². The third kappa shape index (κ3) is 1.55. The van der Waals surface area contributed by atoms with Crippen LogP contribution in [0.4, 0.5) is 0 Å². The SMILES string of the molecule is C[C@@H]1NC(=O)[C@@H]([C@@H](C)O)NC1=O. The Bertz CT molecular complexity index is 215. The first-order valence-corrected chi connectivity index (χ1v) is 3.81. The maximum atomic E-state index is 11.1. The van der Waals surface area contributed by atoms with E-state index in [1.54, 1.807) is 6.92 Å². The number of carbonyl (C=O) groups excluding carboxylic acids is 2. The molecule has 5 nitrogen and oxygen atoms in total. The summed E-state index contributed by atoms with van der Waals surface area (Å²) in [6.07, 6.45) is -0.860. The minimum Gasteiger partial charge on any atom is -0.391 e. The van der Waals surface area contributed by atoms with Crippen LogP contribution in [0.5, 0.6) is 0 Å². The van der Waals surface area contributed by atoms with Crippen molar-refractivity contribution in [2.24, 2.45) is 0 Å². The van der Waals surface area contributed by atoms with E-state index in [0.717, 1.165) is 0 Å². The van der Waals surface area contributed by atoms with E-state index in [9.17, 15) is 9.59 Å². The smallest absolute Gasteiger partial charge is 0.245 e. The van der Waals surface area contributed by atoms with Crippen molar-refractivity contribution in [1.82, 2.24) is 10.6 Å². The minimum atomic E-state index is -0.860. The van der Waals surface area contributed by atoms with Crippen LogP contribution in [0.3, 0.4) is 0 Å². The Hall–Kier alpha value is -1.10. The van der Waals surface area contributed by atoms with E-state index >= 15 is 0 Å². The monoisotopic (exact) mass is 172 g/mol. The van der Waals surface area contributed by atoms with E-state index in [1.807, 2.05) is 0 Å². The standard InChI is InChI=1S/C7H12N2O3/c1-3-6(11)9-5(4(2)10)7(12)8-3/h3-5,10H,1-2H3,(H,8,12)(H,9,11)/t3-,4+,5+/m0/s1. The molecule has 0 aromatic carbocycles. The highest BCUT2D eigenvalue weighted by molar-refractivity contribution is 5.96. The van der Waals surface area contributed by atoms with Gasteiger partial charge in [0, 0.05) is 0 Å². The topological polar surface area (TPSA) is 78.4 Å². The molecule has 5 heteroatoms. The molecule has 0 saturated carbocycles. The lowest BCUT2D eigenvalue weighted by atomic mass is 10.1. The molecule has 68 valence electrons. The average molecular weight is 172 g/mol. The molecule has 0 radical (unpaired) electrons. The van der Waals surface area contributed by atoms with Crippen molar-refractivity contribution in [1.29, 1.82) is 0 Å². The predicted molar refractivity (Wildman–Crippen MR) is 41.2 cm³/mol. The van der Waals surface area contributed by atoms with Gasteiger partial charge in [-0.1, -0.05) is 0 Å². The van der Waals surface area contributed by atoms with Crippen LogP contribution in [0, 0.1) is 0 Å². The van der Waals surface area contributed by atoms with E-state index in [-0.39, 0.29) is 11.8 Å².